The van der Waals surface area contributed by atoms with Crippen molar-refractivity contribution in [1.82, 2.24) is 4.90 Å². The van der Waals surface area contributed by atoms with Crippen LogP contribution in [0.5, 0.6) is 11.5 Å². The molecule has 1 aromatic rings. The molecule has 1 saturated carbocycles. The van der Waals surface area contributed by atoms with Crippen molar-refractivity contribution in [3.8, 4) is 11.5 Å². The highest BCUT2D eigenvalue weighted by atomic mass is 16.6. The second kappa shape index (κ2) is 5.41. The molecule has 2 aliphatic heterocycles. The number of nitrogens with zero attached hydrogens (tertiary/aromatic N) is 1. The van der Waals surface area contributed by atoms with Crippen LogP contribution >= 0.6 is 0 Å². The van der Waals surface area contributed by atoms with Crippen LogP contribution in [0.25, 0.3) is 0 Å². The molecule has 2 heterocycles. The van der Waals surface area contributed by atoms with Crippen molar-refractivity contribution in [2.45, 2.75) is 31.4 Å². The second-order valence-corrected chi connectivity index (χ2v) is 7.03. The maximum Gasteiger partial charge on any atom is 0.161 e. The molecular formula is C17H24N2O3. The van der Waals surface area contributed by atoms with Crippen LogP contribution in [0.3, 0.4) is 0 Å². The maximum atomic E-state index is 10.5. The van der Waals surface area contributed by atoms with Gasteiger partial charge in [-0.2, -0.15) is 0 Å². The minimum absolute atomic E-state index is 0.278. The van der Waals surface area contributed by atoms with E-state index >= 15 is 0 Å². The maximum absolute atomic E-state index is 10.5. The molecule has 5 heteroatoms. The number of nitrogens with two attached hydrogens (primary N) is 1. The zero-order valence-corrected chi connectivity index (χ0v) is 12.8. The first-order chi connectivity index (χ1) is 10.7. The fraction of sp³-hybridized carbons (Fsp3) is 0.647. The SMILES string of the molecule is N[C@H](CN1CC2(CCC2)C1)[C@H](O)c1ccc2c(c1)OCCO2. The summed E-state index contributed by atoms with van der Waals surface area (Å²) in [7, 11) is 0. The first-order valence-electron chi connectivity index (χ1n) is 8.21. The molecular weight excluding hydrogens is 280 g/mol. The van der Waals surface area contributed by atoms with Crippen LogP contribution in [0.2, 0.25) is 0 Å². The molecule has 0 amide bonds. The van der Waals surface area contributed by atoms with Gasteiger partial charge in [0.25, 0.3) is 0 Å². The smallest absolute Gasteiger partial charge is 0.161 e. The van der Waals surface area contributed by atoms with Crippen molar-refractivity contribution in [2.75, 3.05) is 32.8 Å². The molecule has 1 aliphatic carbocycles. The lowest BCUT2D eigenvalue weighted by Gasteiger charge is -2.56. The van der Waals surface area contributed by atoms with E-state index in [0.29, 0.717) is 24.4 Å². The van der Waals surface area contributed by atoms with Gasteiger partial charge in [0.15, 0.2) is 11.5 Å². The molecule has 3 N–H and O–H groups in total. The van der Waals surface area contributed by atoms with Crippen molar-refractivity contribution in [3.05, 3.63) is 23.8 Å². The van der Waals surface area contributed by atoms with Gasteiger partial charge in [-0.05, 0) is 36.0 Å². The minimum Gasteiger partial charge on any atom is -0.486 e. The average Bonchev–Trinajstić information content (AvgIpc) is 2.47. The Kier molecular flexibility index (Phi) is 3.51. The van der Waals surface area contributed by atoms with E-state index in [2.05, 4.69) is 4.90 Å². The lowest BCUT2D eigenvalue weighted by molar-refractivity contribution is -0.0676. The number of ether oxygens (including phenoxy) is 2. The number of rotatable bonds is 4. The van der Waals surface area contributed by atoms with Gasteiger partial charge >= 0.3 is 0 Å². The van der Waals surface area contributed by atoms with Crippen molar-refractivity contribution in [1.29, 1.82) is 0 Å². The zero-order chi connectivity index (χ0) is 15.2. The van der Waals surface area contributed by atoms with Crippen LogP contribution in [0, 0.1) is 5.41 Å². The Bertz CT molecular complexity index is 551. The van der Waals surface area contributed by atoms with Gasteiger partial charge in [-0.25, -0.2) is 0 Å². The third-order valence-corrected chi connectivity index (χ3v) is 5.31. The molecule has 22 heavy (non-hydrogen) atoms. The number of aliphatic hydroxyl groups is 1. The van der Waals surface area contributed by atoms with Crippen LogP contribution < -0.4 is 15.2 Å². The van der Waals surface area contributed by atoms with Gasteiger partial charge in [-0.15, -0.1) is 0 Å². The second-order valence-electron chi connectivity index (χ2n) is 7.03. The number of fused-ring (bicyclic) bond motifs is 1. The van der Waals surface area contributed by atoms with Crippen molar-refractivity contribution < 1.29 is 14.6 Å². The number of likely N-dealkylation sites (tertiary alicyclic amines) is 1. The molecule has 120 valence electrons. The fourth-order valence-electron chi connectivity index (χ4n) is 3.91. The first-order valence-corrected chi connectivity index (χ1v) is 8.21. The van der Waals surface area contributed by atoms with Gasteiger partial charge in [0.1, 0.15) is 13.2 Å². The molecule has 1 saturated heterocycles. The Labute approximate surface area is 131 Å². The minimum atomic E-state index is -0.672. The summed E-state index contributed by atoms with van der Waals surface area (Å²) in [6, 6.07) is 5.30. The summed E-state index contributed by atoms with van der Waals surface area (Å²) in [6.45, 7) is 4.17. The van der Waals surface area contributed by atoms with E-state index in [0.717, 1.165) is 30.9 Å². The molecule has 2 fully saturated rings. The highest BCUT2D eigenvalue weighted by Crippen LogP contribution is 2.48. The lowest BCUT2D eigenvalue weighted by Crippen LogP contribution is -2.62. The van der Waals surface area contributed by atoms with E-state index in [1.54, 1.807) is 0 Å². The van der Waals surface area contributed by atoms with Crippen molar-refractivity contribution in [2.24, 2.45) is 11.1 Å². The van der Waals surface area contributed by atoms with Gasteiger partial charge < -0.3 is 25.2 Å². The van der Waals surface area contributed by atoms with Gasteiger partial charge in [0.2, 0.25) is 0 Å². The predicted molar refractivity (Wildman–Crippen MR) is 83.1 cm³/mol. The van der Waals surface area contributed by atoms with Crippen LogP contribution in [-0.2, 0) is 0 Å². The predicted octanol–water partition coefficient (Wildman–Crippen LogP) is 1.30. The molecule has 1 aromatic carbocycles. The quantitative estimate of drug-likeness (QED) is 0.878. The lowest BCUT2D eigenvalue weighted by atomic mass is 9.63. The topological polar surface area (TPSA) is 68.0 Å². The van der Waals surface area contributed by atoms with Crippen molar-refractivity contribution in [3.63, 3.8) is 0 Å². The largest absolute Gasteiger partial charge is 0.486 e. The summed E-state index contributed by atoms with van der Waals surface area (Å²) in [4.78, 5) is 2.37. The molecule has 0 radical (unpaired) electrons. The fourth-order valence-corrected chi connectivity index (χ4v) is 3.91. The molecule has 1 spiro atoms. The van der Waals surface area contributed by atoms with Crippen LogP contribution in [0.1, 0.15) is 30.9 Å². The van der Waals surface area contributed by atoms with Crippen LogP contribution in [0.4, 0.5) is 0 Å². The summed E-state index contributed by atoms with van der Waals surface area (Å²) in [6.07, 6.45) is 3.43. The van der Waals surface area contributed by atoms with E-state index in [-0.39, 0.29) is 6.04 Å². The number of hydrogen-bond acceptors (Lipinski definition) is 5. The molecule has 2 atom stereocenters. The van der Waals surface area contributed by atoms with Gasteiger partial charge in [0.05, 0.1) is 6.10 Å². The third kappa shape index (κ3) is 2.47. The summed E-state index contributed by atoms with van der Waals surface area (Å²) < 4.78 is 11.1. The molecule has 3 aliphatic rings. The Morgan fingerprint density at radius 2 is 1.91 bits per heavy atom. The monoisotopic (exact) mass is 304 g/mol. The molecule has 0 unspecified atom stereocenters. The molecule has 0 bridgehead atoms. The van der Waals surface area contributed by atoms with E-state index in [1.165, 1.54) is 19.3 Å². The van der Waals surface area contributed by atoms with E-state index in [4.69, 9.17) is 15.2 Å². The average molecular weight is 304 g/mol. The third-order valence-electron chi connectivity index (χ3n) is 5.31. The summed E-state index contributed by atoms with van der Waals surface area (Å²) >= 11 is 0. The van der Waals surface area contributed by atoms with Gasteiger partial charge in [-0.1, -0.05) is 12.5 Å². The van der Waals surface area contributed by atoms with Crippen molar-refractivity contribution >= 4 is 0 Å². The normalized spacial score (nSPS) is 25.2. The summed E-state index contributed by atoms with van der Waals surface area (Å²) in [5, 5.41) is 10.5. The van der Waals surface area contributed by atoms with Gasteiger partial charge in [-0.3, -0.25) is 0 Å². The van der Waals surface area contributed by atoms with Crippen LogP contribution in [-0.4, -0.2) is 48.9 Å². The summed E-state index contributed by atoms with van der Waals surface area (Å²) in [5.74, 6) is 1.44. The number of aliphatic hydroxyl groups excluding tert-OH is 1. The van der Waals surface area contributed by atoms with E-state index < -0.39 is 6.10 Å². The Balaban J connectivity index is 1.37. The number of hydrogen-bond donors (Lipinski definition) is 2. The number of benzene rings is 1. The Hall–Kier alpha value is -1.30. The van der Waals surface area contributed by atoms with E-state index in [1.807, 2.05) is 18.2 Å². The van der Waals surface area contributed by atoms with Crippen LogP contribution in [0.15, 0.2) is 18.2 Å². The van der Waals surface area contributed by atoms with Gasteiger partial charge in [0, 0.05) is 25.7 Å². The molecule has 5 nitrogen and oxygen atoms in total. The first kappa shape index (κ1) is 14.3. The zero-order valence-electron chi connectivity index (χ0n) is 12.8. The highest BCUT2D eigenvalue weighted by molar-refractivity contribution is 5.44. The Morgan fingerprint density at radius 1 is 1.18 bits per heavy atom. The molecule has 4 rings (SSSR count). The highest BCUT2D eigenvalue weighted by Gasteiger charge is 2.47. The standard InChI is InChI=1S/C17H24N2O3/c18-13(9-19-10-17(11-19)4-1-5-17)16(20)12-2-3-14-15(8-12)22-7-6-21-14/h2-3,8,13,16,20H,1,4-7,9-11,18H2/t13-,16-/m1/s1. The molecule has 0 aromatic heterocycles. The van der Waals surface area contributed by atoms with E-state index in [9.17, 15) is 5.11 Å². The summed E-state index contributed by atoms with van der Waals surface area (Å²) in [5.41, 5.74) is 7.62. The Morgan fingerprint density at radius 3 is 2.59 bits per heavy atom.